The van der Waals surface area contributed by atoms with Crippen LogP contribution < -0.4 is 5.32 Å². The summed E-state index contributed by atoms with van der Waals surface area (Å²) in [5.74, 6) is 0.740. The molecule has 2 amide bonds. The third-order valence-corrected chi connectivity index (χ3v) is 4.89. The molecule has 1 atom stereocenters. The summed E-state index contributed by atoms with van der Waals surface area (Å²) in [7, 11) is 0. The standard InChI is InChI=1S/C19H27N5O3/c1-3-15-11-16(27-22-15)12-20-18(25)10-14-6-5-8-23(13-14)19(26)17-7-9-24(4-2)21-17/h7,9,11,14H,3-6,8,10,12-13H2,1-2H3,(H,20,25)/t14-/m0/s1. The molecule has 2 aromatic rings. The van der Waals surface area contributed by atoms with Crippen LogP contribution in [-0.4, -0.2) is 44.7 Å². The van der Waals surface area contributed by atoms with Gasteiger partial charge in [0.05, 0.1) is 12.2 Å². The summed E-state index contributed by atoms with van der Waals surface area (Å²) in [6.07, 6.45) is 4.88. The van der Waals surface area contributed by atoms with Crippen molar-refractivity contribution in [2.24, 2.45) is 5.92 Å². The van der Waals surface area contributed by atoms with Gasteiger partial charge in [0.1, 0.15) is 5.69 Å². The molecule has 0 unspecified atom stereocenters. The smallest absolute Gasteiger partial charge is 0.274 e. The first-order valence-electron chi connectivity index (χ1n) is 9.63. The van der Waals surface area contributed by atoms with E-state index in [0.717, 1.165) is 31.5 Å². The monoisotopic (exact) mass is 373 g/mol. The highest BCUT2D eigenvalue weighted by Gasteiger charge is 2.27. The summed E-state index contributed by atoms with van der Waals surface area (Å²) in [6.45, 7) is 6.37. The van der Waals surface area contributed by atoms with E-state index in [9.17, 15) is 9.59 Å². The fourth-order valence-corrected chi connectivity index (χ4v) is 3.36. The maximum Gasteiger partial charge on any atom is 0.274 e. The SMILES string of the molecule is CCc1cc(CNC(=O)C[C@@H]2CCCN(C(=O)c3ccn(CC)n3)C2)on1. The number of hydrogen-bond donors (Lipinski definition) is 1. The van der Waals surface area contributed by atoms with Crippen molar-refractivity contribution in [1.82, 2.24) is 25.2 Å². The van der Waals surface area contributed by atoms with Crippen LogP contribution in [-0.2, 0) is 24.3 Å². The first-order valence-corrected chi connectivity index (χ1v) is 9.63. The minimum Gasteiger partial charge on any atom is -0.359 e. The van der Waals surface area contributed by atoms with Gasteiger partial charge in [0.15, 0.2) is 5.76 Å². The molecular weight excluding hydrogens is 346 g/mol. The van der Waals surface area contributed by atoms with Crippen molar-refractivity contribution in [2.45, 2.75) is 52.6 Å². The number of carbonyl (C=O) groups excluding carboxylic acids is 2. The Labute approximate surface area is 158 Å². The lowest BCUT2D eigenvalue weighted by molar-refractivity contribution is -0.122. The maximum absolute atomic E-state index is 12.6. The summed E-state index contributed by atoms with van der Waals surface area (Å²) in [5.41, 5.74) is 1.35. The summed E-state index contributed by atoms with van der Waals surface area (Å²) in [5, 5.41) is 11.1. The summed E-state index contributed by atoms with van der Waals surface area (Å²) >= 11 is 0. The van der Waals surface area contributed by atoms with Gasteiger partial charge in [-0.05, 0) is 38.2 Å². The van der Waals surface area contributed by atoms with E-state index in [4.69, 9.17) is 4.52 Å². The topological polar surface area (TPSA) is 93.3 Å². The van der Waals surface area contributed by atoms with Crippen LogP contribution in [0.15, 0.2) is 22.9 Å². The second kappa shape index (κ2) is 8.83. The number of hydrogen-bond acceptors (Lipinski definition) is 5. The van der Waals surface area contributed by atoms with Crippen LogP contribution in [0.5, 0.6) is 0 Å². The molecule has 146 valence electrons. The van der Waals surface area contributed by atoms with Gasteiger partial charge in [-0.15, -0.1) is 0 Å². The minimum absolute atomic E-state index is 0.0287. The van der Waals surface area contributed by atoms with Crippen molar-refractivity contribution in [3.05, 3.63) is 35.5 Å². The highest BCUT2D eigenvalue weighted by atomic mass is 16.5. The Bertz CT molecular complexity index is 782. The van der Waals surface area contributed by atoms with Gasteiger partial charge in [-0.25, -0.2) is 0 Å². The second-order valence-corrected chi connectivity index (χ2v) is 6.94. The van der Waals surface area contributed by atoms with Crippen LogP contribution in [0, 0.1) is 5.92 Å². The molecule has 0 aromatic carbocycles. The van der Waals surface area contributed by atoms with Crippen LogP contribution in [0.2, 0.25) is 0 Å². The first kappa shape index (κ1) is 19.1. The number of nitrogens with zero attached hydrogens (tertiary/aromatic N) is 4. The molecule has 1 N–H and O–H groups in total. The number of rotatable bonds is 7. The summed E-state index contributed by atoms with van der Waals surface area (Å²) in [4.78, 5) is 26.7. The first-order chi connectivity index (χ1) is 13.1. The third-order valence-electron chi connectivity index (χ3n) is 4.89. The van der Waals surface area contributed by atoms with Crippen molar-refractivity contribution >= 4 is 11.8 Å². The van der Waals surface area contributed by atoms with Crippen molar-refractivity contribution < 1.29 is 14.1 Å². The molecule has 8 nitrogen and oxygen atoms in total. The van der Waals surface area contributed by atoms with Gasteiger partial charge < -0.3 is 14.7 Å². The predicted octanol–water partition coefficient (Wildman–Crippen LogP) is 2.01. The fraction of sp³-hybridized carbons (Fsp3) is 0.579. The average molecular weight is 373 g/mol. The molecular formula is C19H27N5O3. The molecule has 1 aliphatic rings. The zero-order chi connectivity index (χ0) is 19.2. The van der Waals surface area contributed by atoms with E-state index < -0.39 is 0 Å². The Morgan fingerprint density at radius 2 is 2.22 bits per heavy atom. The lowest BCUT2D eigenvalue weighted by Gasteiger charge is -2.32. The molecule has 3 heterocycles. The van der Waals surface area contributed by atoms with E-state index in [1.54, 1.807) is 10.7 Å². The van der Waals surface area contributed by atoms with E-state index in [-0.39, 0.29) is 17.7 Å². The maximum atomic E-state index is 12.6. The van der Waals surface area contributed by atoms with Crippen LogP contribution in [0.4, 0.5) is 0 Å². The molecule has 1 saturated heterocycles. The molecule has 0 aliphatic carbocycles. The number of likely N-dealkylation sites (tertiary alicyclic amines) is 1. The Balaban J connectivity index is 1.48. The van der Waals surface area contributed by atoms with Gasteiger partial charge in [0.25, 0.3) is 5.91 Å². The Kier molecular flexibility index (Phi) is 6.26. The number of nitrogens with one attached hydrogen (secondary N) is 1. The van der Waals surface area contributed by atoms with Crippen molar-refractivity contribution in [2.75, 3.05) is 13.1 Å². The Morgan fingerprint density at radius 3 is 2.93 bits per heavy atom. The largest absolute Gasteiger partial charge is 0.359 e. The van der Waals surface area contributed by atoms with E-state index in [2.05, 4.69) is 15.6 Å². The predicted molar refractivity (Wildman–Crippen MR) is 98.9 cm³/mol. The van der Waals surface area contributed by atoms with Crippen molar-refractivity contribution in [1.29, 1.82) is 0 Å². The Morgan fingerprint density at radius 1 is 1.37 bits per heavy atom. The third kappa shape index (κ3) is 4.96. The van der Waals surface area contributed by atoms with Gasteiger partial charge in [-0.2, -0.15) is 5.10 Å². The van der Waals surface area contributed by atoms with E-state index in [0.29, 0.717) is 37.5 Å². The van der Waals surface area contributed by atoms with Crippen LogP contribution in [0.3, 0.4) is 0 Å². The van der Waals surface area contributed by atoms with Gasteiger partial charge in [-0.1, -0.05) is 12.1 Å². The Hall–Kier alpha value is -2.64. The number of carbonyl (C=O) groups is 2. The number of aryl methyl sites for hydroxylation is 2. The highest BCUT2D eigenvalue weighted by molar-refractivity contribution is 5.92. The molecule has 2 aromatic heterocycles. The van der Waals surface area contributed by atoms with Crippen LogP contribution in [0.1, 0.15) is 55.1 Å². The van der Waals surface area contributed by atoms with Gasteiger partial charge in [0.2, 0.25) is 5.91 Å². The van der Waals surface area contributed by atoms with Crippen molar-refractivity contribution in [3.8, 4) is 0 Å². The molecule has 0 bridgehead atoms. The zero-order valence-corrected chi connectivity index (χ0v) is 16.0. The van der Waals surface area contributed by atoms with E-state index in [1.807, 2.05) is 31.0 Å². The fourth-order valence-electron chi connectivity index (χ4n) is 3.36. The average Bonchev–Trinajstić information content (AvgIpc) is 3.35. The molecule has 8 heteroatoms. The van der Waals surface area contributed by atoms with Gasteiger partial charge >= 0.3 is 0 Å². The van der Waals surface area contributed by atoms with Crippen LogP contribution in [0.25, 0.3) is 0 Å². The minimum atomic E-state index is -0.0546. The van der Waals surface area contributed by atoms with Gasteiger partial charge in [0, 0.05) is 38.3 Å². The lowest BCUT2D eigenvalue weighted by Crippen LogP contribution is -2.41. The van der Waals surface area contributed by atoms with Crippen LogP contribution >= 0.6 is 0 Å². The van der Waals surface area contributed by atoms with Crippen molar-refractivity contribution in [3.63, 3.8) is 0 Å². The summed E-state index contributed by atoms with van der Waals surface area (Å²) in [6, 6.07) is 3.61. The molecule has 1 fully saturated rings. The summed E-state index contributed by atoms with van der Waals surface area (Å²) < 4.78 is 6.92. The number of amides is 2. The van der Waals surface area contributed by atoms with E-state index in [1.165, 1.54) is 0 Å². The molecule has 0 spiro atoms. The molecule has 0 radical (unpaired) electrons. The normalized spacial score (nSPS) is 17.1. The number of aromatic nitrogens is 3. The molecule has 0 saturated carbocycles. The molecule has 3 rings (SSSR count). The quantitative estimate of drug-likeness (QED) is 0.801. The second-order valence-electron chi connectivity index (χ2n) is 6.94. The van der Waals surface area contributed by atoms with Gasteiger partial charge in [-0.3, -0.25) is 14.3 Å². The lowest BCUT2D eigenvalue weighted by atomic mass is 9.94. The number of piperidine rings is 1. The molecule has 1 aliphatic heterocycles. The zero-order valence-electron chi connectivity index (χ0n) is 16.0. The molecule has 27 heavy (non-hydrogen) atoms. The van der Waals surface area contributed by atoms with E-state index >= 15 is 0 Å². The highest BCUT2D eigenvalue weighted by Crippen LogP contribution is 2.21.